The first kappa shape index (κ1) is 16.1. The van der Waals surface area contributed by atoms with Gasteiger partial charge in [-0.3, -0.25) is 4.90 Å². The van der Waals surface area contributed by atoms with Crippen molar-refractivity contribution in [1.29, 1.82) is 0 Å². The first-order valence-electron chi connectivity index (χ1n) is 7.77. The Morgan fingerprint density at radius 3 is 2.10 bits per heavy atom. The second kappa shape index (κ2) is 4.89. The highest BCUT2D eigenvalue weighted by Gasteiger charge is 2.63. The van der Waals surface area contributed by atoms with Gasteiger partial charge in [-0.2, -0.15) is 0 Å². The van der Waals surface area contributed by atoms with Gasteiger partial charge in [0.25, 0.3) is 0 Å². The first-order chi connectivity index (χ1) is 9.51. The third-order valence-corrected chi connectivity index (χ3v) is 4.73. The minimum absolute atomic E-state index is 0.00771. The summed E-state index contributed by atoms with van der Waals surface area (Å²) in [5, 5.41) is 9.94. The Balaban J connectivity index is 2.40. The Morgan fingerprint density at radius 1 is 1.19 bits per heavy atom. The zero-order valence-electron chi connectivity index (χ0n) is 13.7. The van der Waals surface area contributed by atoms with Gasteiger partial charge in [-0.25, -0.2) is 9.59 Å². The molecule has 1 N–H and O–H groups in total. The van der Waals surface area contributed by atoms with Crippen LogP contribution in [0.1, 0.15) is 66.7 Å². The van der Waals surface area contributed by atoms with Crippen molar-refractivity contribution >= 4 is 12.1 Å². The molecule has 2 saturated carbocycles. The number of carboxylic acids is 1. The Hall–Kier alpha value is -1.26. The van der Waals surface area contributed by atoms with Crippen LogP contribution >= 0.6 is 0 Å². The van der Waals surface area contributed by atoms with Crippen LogP contribution in [0.15, 0.2) is 0 Å². The monoisotopic (exact) mass is 297 g/mol. The van der Waals surface area contributed by atoms with E-state index in [0.29, 0.717) is 6.42 Å². The molecule has 0 aromatic rings. The van der Waals surface area contributed by atoms with E-state index in [1.807, 2.05) is 34.6 Å². The van der Waals surface area contributed by atoms with E-state index in [-0.39, 0.29) is 6.04 Å². The molecule has 2 aliphatic carbocycles. The number of carboxylic acid groups (broad SMARTS) is 1. The molecule has 0 spiro atoms. The third kappa shape index (κ3) is 2.74. The van der Waals surface area contributed by atoms with Crippen LogP contribution in [0.3, 0.4) is 0 Å². The van der Waals surface area contributed by atoms with Crippen LogP contribution < -0.4 is 0 Å². The van der Waals surface area contributed by atoms with Crippen molar-refractivity contribution in [3.8, 4) is 0 Å². The lowest BCUT2D eigenvalue weighted by Crippen LogP contribution is -2.63. The van der Waals surface area contributed by atoms with Gasteiger partial charge in [0.2, 0.25) is 0 Å². The summed E-state index contributed by atoms with van der Waals surface area (Å²) in [5.74, 6) is -0.900. The van der Waals surface area contributed by atoms with Gasteiger partial charge in [0, 0.05) is 6.04 Å². The average Bonchev–Trinajstić information content (AvgIpc) is 3.02. The summed E-state index contributed by atoms with van der Waals surface area (Å²) in [4.78, 5) is 26.3. The minimum atomic E-state index is -1.14. The molecule has 21 heavy (non-hydrogen) atoms. The lowest BCUT2D eigenvalue weighted by molar-refractivity contribution is -0.159. The van der Waals surface area contributed by atoms with Gasteiger partial charge in [0.15, 0.2) is 0 Å². The molecule has 0 aliphatic heterocycles. The van der Waals surface area contributed by atoms with Crippen LogP contribution in [0.5, 0.6) is 0 Å². The minimum Gasteiger partial charge on any atom is -0.479 e. The van der Waals surface area contributed by atoms with Crippen molar-refractivity contribution in [3.63, 3.8) is 0 Å². The molecule has 5 nitrogen and oxygen atoms in total. The molecule has 1 amide bonds. The molecule has 5 heteroatoms. The largest absolute Gasteiger partial charge is 0.479 e. The third-order valence-electron chi connectivity index (χ3n) is 4.73. The highest BCUT2D eigenvalue weighted by Crippen LogP contribution is 2.53. The summed E-state index contributed by atoms with van der Waals surface area (Å²) in [6.45, 7) is 9.33. The van der Waals surface area contributed by atoms with E-state index in [2.05, 4.69) is 0 Å². The van der Waals surface area contributed by atoms with Crippen LogP contribution in [0, 0.1) is 5.41 Å². The fourth-order valence-electron chi connectivity index (χ4n) is 3.54. The lowest BCUT2D eigenvalue weighted by Gasteiger charge is -2.46. The molecule has 0 aromatic carbocycles. The number of hydrogen-bond donors (Lipinski definition) is 1. The van der Waals surface area contributed by atoms with Gasteiger partial charge in [-0.05, 0) is 58.3 Å². The molecule has 1 unspecified atom stereocenters. The van der Waals surface area contributed by atoms with Crippen LogP contribution in [0.4, 0.5) is 4.79 Å². The van der Waals surface area contributed by atoms with Crippen molar-refractivity contribution in [2.45, 2.75) is 83.9 Å². The van der Waals surface area contributed by atoms with Crippen molar-refractivity contribution in [3.05, 3.63) is 0 Å². The van der Waals surface area contributed by atoms with E-state index in [1.54, 1.807) is 4.90 Å². The summed E-state index contributed by atoms with van der Waals surface area (Å²) in [7, 11) is 0. The maximum atomic E-state index is 12.7. The molecule has 120 valence electrons. The maximum Gasteiger partial charge on any atom is 0.411 e. The van der Waals surface area contributed by atoms with E-state index in [4.69, 9.17) is 4.74 Å². The number of hydrogen-bond acceptors (Lipinski definition) is 3. The molecule has 0 heterocycles. The number of ether oxygens (including phenoxy) is 1. The highest BCUT2D eigenvalue weighted by atomic mass is 16.6. The Morgan fingerprint density at radius 2 is 1.76 bits per heavy atom. The summed E-state index contributed by atoms with van der Waals surface area (Å²) in [6, 6.07) is 0.00771. The molecular weight excluding hydrogens is 270 g/mol. The van der Waals surface area contributed by atoms with E-state index in [1.165, 1.54) is 0 Å². The van der Waals surface area contributed by atoms with Gasteiger partial charge < -0.3 is 9.84 Å². The number of carbonyl (C=O) groups excluding carboxylic acids is 1. The standard InChI is InChI=1S/C16H27NO4/c1-14(2,3)21-13(20)17(11-7-8-11)16(12(18)19)10-6-9-15(16,4)5/h11H,6-10H2,1-5H3,(H,18,19). The number of carbonyl (C=O) groups is 2. The summed E-state index contributed by atoms with van der Waals surface area (Å²) in [5.41, 5.74) is -2.21. The summed E-state index contributed by atoms with van der Waals surface area (Å²) < 4.78 is 5.51. The van der Waals surface area contributed by atoms with Crippen LogP contribution in [-0.4, -0.2) is 39.3 Å². The Bertz CT molecular complexity index is 448. The van der Waals surface area contributed by atoms with E-state index >= 15 is 0 Å². The fourth-order valence-corrected chi connectivity index (χ4v) is 3.54. The van der Waals surface area contributed by atoms with Crippen molar-refractivity contribution in [2.75, 3.05) is 0 Å². The zero-order valence-corrected chi connectivity index (χ0v) is 13.7. The number of amides is 1. The zero-order chi connectivity index (χ0) is 16.1. The number of rotatable bonds is 3. The Kier molecular flexibility index (Phi) is 3.75. The van der Waals surface area contributed by atoms with E-state index in [0.717, 1.165) is 25.7 Å². The van der Waals surface area contributed by atoms with Crippen molar-refractivity contribution in [2.24, 2.45) is 5.41 Å². The molecule has 2 rings (SSSR count). The number of nitrogens with zero attached hydrogens (tertiary/aromatic N) is 1. The van der Waals surface area contributed by atoms with E-state index < -0.39 is 28.6 Å². The molecule has 2 fully saturated rings. The first-order valence-corrected chi connectivity index (χ1v) is 7.77. The average molecular weight is 297 g/mol. The molecule has 0 bridgehead atoms. The van der Waals surface area contributed by atoms with Gasteiger partial charge in [0.1, 0.15) is 11.1 Å². The molecule has 0 aromatic heterocycles. The summed E-state index contributed by atoms with van der Waals surface area (Å²) in [6.07, 6.45) is 3.39. The van der Waals surface area contributed by atoms with Gasteiger partial charge >= 0.3 is 12.1 Å². The van der Waals surface area contributed by atoms with Gasteiger partial charge in [-0.15, -0.1) is 0 Å². The van der Waals surface area contributed by atoms with Gasteiger partial charge in [-0.1, -0.05) is 13.8 Å². The maximum absolute atomic E-state index is 12.7. The van der Waals surface area contributed by atoms with Crippen LogP contribution in [0.25, 0.3) is 0 Å². The molecule has 0 radical (unpaired) electrons. The molecule has 1 atom stereocenters. The quantitative estimate of drug-likeness (QED) is 0.866. The fraction of sp³-hybridized carbons (Fsp3) is 0.875. The number of aliphatic carboxylic acids is 1. The summed E-state index contributed by atoms with van der Waals surface area (Å²) >= 11 is 0. The molecular formula is C16H27NO4. The molecule has 2 aliphatic rings. The van der Waals surface area contributed by atoms with Crippen molar-refractivity contribution < 1.29 is 19.4 Å². The van der Waals surface area contributed by atoms with Gasteiger partial charge in [0.05, 0.1) is 0 Å². The topological polar surface area (TPSA) is 66.8 Å². The second-order valence-electron chi connectivity index (χ2n) is 7.98. The van der Waals surface area contributed by atoms with Crippen LogP contribution in [-0.2, 0) is 9.53 Å². The predicted molar refractivity (Wildman–Crippen MR) is 79.1 cm³/mol. The van der Waals surface area contributed by atoms with E-state index in [9.17, 15) is 14.7 Å². The SMILES string of the molecule is CC(C)(C)OC(=O)N(C1CC1)C1(C(=O)O)CCCC1(C)C. The lowest BCUT2D eigenvalue weighted by atomic mass is 9.73. The highest BCUT2D eigenvalue weighted by molar-refractivity contribution is 5.86. The smallest absolute Gasteiger partial charge is 0.411 e. The second-order valence-corrected chi connectivity index (χ2v) is 7.98. The normalized spacial score (nSPS) is 28.2. The van der Waals surface area contributed by atoms with Crippen LogP contribution in [0.2, 0.25) is 0 Å². The Labute approximate surface area is 126 Å². The molecule has 0 saturated heterocycles. The predicted octanol–water partition coefficient (Wildman–Crippen LogP) is 3.42. The van der Waals surface area contributed by atoms with Crippen molar-refractivity contribution in [1.82, 2.24) is 4.90 Å².